The molecule has 0 atom stereocenters. The van der Waals surface area contributed by atoms with E-state index >= 15 is 0 Å². The van der Waals surface area contributed by atoms with Crippen LogP contribution in [-0.4, -0.2) is 17.7 Å². The van der Waals surface area contributed by atoms with E-state index in [1.807, 2.05) is 32.0 Å². The third-order valence-electron chi connectivity index (χ3n) is 5.44. The third kappa shape index (κ3) is 4.49. The number of aromatic nitrogens is 1. The van der Waals surface area contributed by atoms with Crippen LogP contribution in [0.5, 0.6) is 0 Å². The molecule has 0 spiro atoms. The van der Waals surface area contributed by atoms with Gasteiger partial charge in [0.05, 0.1) is 10.4 Å². The van der Waals surface area contributed by atoms with Crippen LogP contribution in [0.15, 0.2) is 82.5 Å². The summed E-state index contributed by atoms with van der Waals surface area (Å²) in [5.41, 5.74) is 3.22. The zero-order valence-electron chi connectivity index (χ0n) is 17.8. The summed E-state index contributed by atoms with van der Waals surface area (Å²) >= 11 is 0. The fourth-order valence-electron chi connectivity index (χ4n) is 3.61. The normalized spacial score (nSPS) is 11.9. The molecule has 1 aromatic heterocycles. The molecule has 0 aliphatic heterocycles. The number of nitrogens with one attached hydrogen (secondary N) is 1. The van der Waals surface area contributed by atoms with Crippen molar-refractivity contribution in [1.82, 2.24) is 9.29 Å². The number of nitrogens with zero attached hydrogens (tertiary/aromatic N) is 1. The Morgan fingerprint density at radius 2 is 1.59 bits per heavy atom. The number of hydrogen-bond donors (Lipinski definition) is 1. The van der Waals surface area contributed by atoms with Gasteiger partial charge in [-0.15, -0.1) is 0 Å². The minimum Gasteiger partial charge on any atom is -0.321 e. The van der Waals surface area contributed by atoms with Crippen LogP contribution in [0, 0.1) is 19.7 Å². The summed E-state index contributed by atoms with van der Waals surface area (Å²) in [6.07, 6.45) is 0. The topological polar surface area (TPSA) is 70.2 Å². The minimum atomic E-state index is -3.92. The molecule has 0 unspecified atom stereocenters. The minimum absolute atomic E-state index is 0.00177. The number of benzene rings is 3. The number of aromatic amines is 1. The van der Waals surface area contributed by atoms with Gasteiger partial charge in [0.1, 0.15) is 5.82 Å². The molecule has 0 radical (unpaired) electrons. The van der Waals surface area contributed by atoms with E-state index in [1.165, 1.54) is 16.4 Å². The van der Waals surface area contributed by atoms with E-state index in [1.54, 1.807) is 42.5 Å². The van der Waals surface area contributed by atoms with Crippen LogP contribution >= 0.6 is 0 Å². The summed E-state index contributed by atoms with van der Waals surface area (Å²) in [7, 11) is -3.92. The maximum Gasteiger partial charge on any atom is 0.252 e. The lowest BCUT2D eigenvalue weighted by Crippen LogP contribution is -2.32. The Hall–Kier alpha value is -3.29. The Balaban J connectivity index is 1.78. The first-order chi connectivity index (χ1) is 15.2. The molecule has 7 heteroatoms. The van der Waals surface area contributed by atoms with Crippen molar-refractivity contribution in [3.05, 3.63) is 111 Å². The van der Waals surface area contributed by atoms with E-state index in [0.717, 1.165) is 22.0 Å². The number of sulfonamides is 1. The van der Waals surface area contributed by atoms with Crippen molar-refractivity contribution in [2.45, 2.75) is 31.8 Å². The smallest absolute Gasteiger partial charge is 0.252 e. The lowest BCUT2D eigenvalue weighted by molar-refractivity contribution is 0.399. The Morgan fingerprint density at radius 3 is 2.28 bits per heavy atom. The standard InChI is InChI=1S/C25H23FN2O3S/c1-17-6-12-23(13-7-17)32(30,31)28(15-19-8-10-22(26)11-9-19)16-21-14-20-5-3-4-18(2)24(20)27-25(21)29/h3-14H,15-16H2,1-2H3,(H,27,29). The highest BCUT2D eigenvalue weighted by atomic mass is 32.2. The van der Waals surface area contributed by atoms with Crippen molar-refractivity contribution >= 4 is 20.9 Å². The Bertz CT molecular complexity index is 1430. The predicted molar refractivity (Wildman–Crippen MR) is 123 cm³/mol. The van der Waals surface area contributed by atoms with Gasteiger partial charge in [-0.3, -0.25) is 4.79 Å². The molecule has 0 bridgehead atoms. The molecule has 0 saturated carbocycles. The predicted octanol–water partition coefficient (Wildman–Crippen LogP) is 4.68. The zero-order chi connectivity index (χ0) is 22.9. The number of fused-ring (bicyclic) bond motifs is 1. The highest BCUT2D eigenvalue weighted by molar-refractivity contribution is 7.89. The van der Waals surface area contributed by atoms with Crippen molar-refractivity contribution in [2.75, 3.05) is 0 Å². The molecule has 3 aromatic carbocycles. The van der Waals surface area contributed by atoms with Crippen LogP contribution in [0.4, 0.5) is 4.39 Å². The third-order valence-corrected chi connectivity index (χ3v) is 7.25. The van der Waals surface area contributed by atoms with E-state index in [-0.39, 0.29) is 23.5 Å². The highest BCUT2D eigenvalue weighted by Crippen LogP contribution is 2.22. The van der Waals surface area contributed by atoms with Crippen molar-refractivity contribution < 1.29 is 12.8 Å². The Labute approximate surface area is 186 Å². The highest BCUT2D eigenvalue weighted by Gasteiger charge is 2.26. The molecule has 0 saturated heterocycles. The largest absolute Gasteiger partial charge is 0.321 e. The second-order valence-electron chi connectivity index (χ2n) is 7.88. The average Bonchev–Trinajstić information content (AvgIpc) is 2.76. The van der Waals surface area contributed by atoms with Crippen LogP contribution in [-0.2, 0) is 23.1 Å². The van der Waals surface area contributed by atoms with Crippen molar-refractivity contribution in [1.29, 1.82) is 0 Å². The first-order valence-electron chi connectivity index (χ1n) is 10.2. The van der Waals surface area contributed by atoms with Crippen LogP contribution < -0.4 is 5.56 Å². The number of H-pyrrole nitrogens is 1. The van der Waals surface area contributed by atoms with Crippen LogP contribution in [0.25, 0.3) is 10.9 Å². The zero-order valence-corrected chi connectivity index (χ0v) is 18.6. The first-order valence-corrected chi connectivity index (χ1v) is 11.6. The second-order valence-corrected chi connectivity index (χ2v) is 9.81. The maximum absolute atomic E-state index is 13.5. The van der Waals surface area contributed by atoms with Crippen LogP contribution in [0.1, 0.15) is 22.3 Å². The molecule has 0 aliphatic rings. The van der Waals surface area contributed by atoms with Crippen molar-refractivity contribution in [2.24, 2.45) is 0 Å². The van der Waals surface area contributed by atoms with Crippen molar-refractivity contribution in [3.63, 3.8) is 0 Å². The van der Waals surface area contributed by atoms with Crippen molar-refractivity contribution in [3.8, 4) is 0 Å². The van der Waals surface area contributed by atoms with Gasteiger partial charge in [-0.05, 0) is 60.7 Å². The quantitative estimate of drug-likeness (QED) is 0.464. The fraction of sp³-hybridized carbons (Fsp3) is 0.160. The molecule has 0 aliphatic carbocycles. The van der Waals surface area contributed by atoms with E-state index in [0.29, 0.717) is 11.1 Å². The molecule has 0 fully saturated rings. The molecule has 32 heavy (non-hydrogen) atoms. The fourth-order valence-corrected chi connectivity index (χ4v) is 5.02. The molecular formula is C25H23FN2O3S. The summed E-state index contributed by atoms with van der Waals surface area (Å²) in [4.78, 5) is 15.8. The molecular weight excluding hydrogens is 427 g/mol. The summed E-state index contributed by atoms with van der Waals surface area (Å²) < 4.78 is 41.6. The van der Waals surface area contributed by atoms with Gasteiger partial charge in [-0.25, -0.2) is 12.8 Å². The maximum atomic E-state index is 13.5. The van der Waals surface area contributed by atoms with Gasteiger partial charge in [0, 0.05) is 18.7 Å². The number of rotatable bonds is 6. The van der Waals surface area contributed by atoms with Gasteiger partial charge in [-0.1, -0.05) is 48.0 Å². The van der Waals surface area contributed by atoms with E-state index in [4.69, 9.17) is 0 Å². The molecule has 1 heterocycles. The molecule has 4 aromatic rings. The average molecular weight is 451 g/mol. The molecule has 164 valence electrons. The van der Waals surface area contributed by atoms with Gasteiger partial charge in [-0.2, -0.15) is 4.31 Å². The Morgan fingerprint density at radius 1 is 0.906 bits per heavy atom. The second kappa shape index (κ2) is 8.68. The summed E-state index contributed by atoms with van der Waals surface area (Å²) in [6, 6.07) is 19.6. The van der Waals surface area contributed by atoms with Gasteiger partial charge in [0.25, 0.3) is 5.56 Å². The number of halogens is 1. The lowest BCUT2D eigenvalue weighted by atomic mass is 10.1. The number of aryl methyl sites for hydroxylation is 2. The van der Waals surface area contributed by atoms with E-state index in [9.17, 15) is 17.6 Å². The van der Waals surface area contributed by atoms with Gasteiger partial charge >= 0.3 is 0 Å². The SMILES string of the molecule is Cc1ccc(S(=O)(=O)N(Cc2ccc(F)cc2)Cc2cc3cccc(C)c3[nH]c2=O)cc1. The number of para-hydroxylation sites is 1. The number of pyridine rings is 1. The monoisotopic (exact) mass is 450 g/mol. The van der Waals surface area contributed by atoms with Gasteiger partial charge in [0.2, 0.25) is 10.0 Å². The molecule has 1 N–H and O–H groups in total. The Kier molecular flexibility index (Phi) is 5.95. The lowest BCUT2D eigenvalue weighted by Gasteiger charge is -2.22. The summed E-state index contributed by atoms with van der Waals surface area (Å²) in [5, 5.41) is 0.828. The molecule has 4 rings (SSSR count). The van der Waals surface area contributed by atoms with Crippen LogP contribution in [0.3, 0.4) is 0 Å². The van der Waals surface area contributed by atoms with E-state index in [2.05, 4.69) is 4.98 Å². The number of hydrogen-bond acceptors (Lipinski definition) is 3. The van der Waals surface area contributed by atoms with Gasteiger partial charge in [0.15, 0.2) is 0 Å². The summed E-state index contributed by atoms with van der Waals surface area (Å²) in [5.74, 6) is -0.400. The first kappa shape index (κ1) is 21.9. The summed E-state index contributed by atoms with van der Waals surface area (Å²) in [6.45, 7) is 3.67. The molecule has 0 amide bonds. The van der Waals surface area contributed by atoms with E-state index < -0.39 is 15.8 Å². The van der Waals surface area contributed by atoms with Crippen LogP contribution in [0.2, 0.25) is 0 Å². The van der Waals surface area contributed by atoms with Gasteiger partial charge < -0.3 is 4.98 Å². The molecule has 5 nitrogen and oxygen atoms in total.